The molecule has 1 aromatic carbocycles. The van der Waals surface area contributed by atoms with Crippen LogP contribution in [0.1, 0.15) is 5.56 Å². The van der Waals surface area contributed by atoms with Gasteiger partial charge in [0, 0.05) is 25.1 Å². The van der Waals surface area contributed by atoms with Crippen molar-refractivity contribution in [3.63, 3.8) is 0 Å². The minimum Gasteiger partial charge on any atom is -0.365 e. The van der Waals surface area contributed by atoms with E-state index in [2.05, 4.69) is 43.5 Å². The van der Waals surface area contributed by atoms with Crippen molar-refractivity contribution in [2.45, 2.75) is 6.54 Å². The van der Waals surface area contributed by atoms with Gasteiger partial charge in [-0.1, -0.05) is 18.2 Å². The first-order valence-electron chi connectivity index (χ1n) is 6.27. The molecular formula is C15H13BrN4. The van der Waals surface area contributed by atoms with E-state index < -0.39 is 0 Å². The largest absolute Gasteiger partial charge is 0.365 e. The molecule has 0 saturated heterocycles. The first-order chi connectivity index (χ1) is 9.84. The lowest BCUT2D eigenvalue weighted by molar-refractivity contribution is 0.863. The number of rotatable bonds is 4. The Labute approximate surface area is 125 Å². The van der Waals surface area contributed by atoms with Gasteiger partial charge in [-0.15, -0.1) is 0 Å². The molecule has 1 N–H and O–H groups in total. The molecule has 0 amide bonds. The maximum absolute atomic E-state index is 4.31. The fraction of sp³-hybridized carbons (Fsp3) is 0.0667. The van der Waals surface area contributed by atoms with Crippen LogP contribution in [0.2, 0.25) is 0 Å². The smallest absolute Gasteiger partial charge is 0.140 e. The summed E-state index contributed by atoms with van der Waals surface area (Å²) in [5.74, 6) is 0.836. The standard InChI is InChI=1S/C15H13BrN4/c16-13-6-3-8-17-15(13)18-11-12-5-1-2-7-14(12)20-10-4-9-19-20/h1-10H,11H2,(H,17,18). The molecule has 5 heteroatoms. The summed E-state index contributed by atoms with van der Waals surface area (Å²) >= 11 is 3.48. The molecule has 0 unspecified atom stereocenters. The highest BCUT2D eigenvalue weighted by Crippen LogP contribution is 2.20. The van der Waals surface area contributed by atoms with Crippen LogP contribution in [0.4, 0.5) is 5.82 Å². The second-order valence-electron chi connectivity index (χ2n) is 4.27. The summed E-state index contributed by atoms with van der Waals surface area (Å²) in [4.78, 5) is 4.31. The number of hydrogen-bond donors (Lipinski definition) is 1. The van der Waals surface area contributed by atoms with Crippen molar-refractivity contribution < 1.29 is 0 Å². The number of halogens is 1. The molecule has 0 aliphatic rings. The first-order valence-corrected chi connectivity index (χ1v) is 7.06. The third-order valence-electron chi connectivity index (χ3n) is 2.95. The summed E-state index contributed by atoms with van der Waals surface area (Å²) in [5.41, 5.74) is 2.23. The minimum absolute atomic E-state index is 0.686. The Morgan fingerprint density at radius 3 is 2.75 bits per heavy atom. The predicted molar refractivity (Wildman–Crippen MR) is 82.8 cm³/mol. The highest BCUT2D eigenvalue weighted by molar-refractivity contribution is 9.10. The van der Waals surface area contributed by atoms with Crippen LogP contribution in [0.15, 0.2) is 65.5 Å². The molecule has 4 nitrogen and oxygen atoms in total. The Hall–Kier alpha value is -2.14. The van der Waals surface area contributed by atoms with Gasteiger partial charge in [-0.05, 0) is 45.8 Å². The van der Waals surface area contributed by atoms with Gasteiger partial charge in [0.2, 0.25) is 0 Å². The fourth-order valence-corrected chi connectivity index (χ4v) is 2.39. The van der Waals surface area contributed by atoms with Crippen LogP contribution in [0.3, 0.4) is 0 Å². The Kier molecular flexibility index (Phi) is 3.78. The number of nitrogens with one attached hydrogen (secondary N) is 1. The second-order valence-corrected chi connectivity index (χ2v) is 5.12. The molecule has 3 aromatic rings. The number of anilines is 1. The molecule has 2 aromatic heterocycles. The third-order valence-corrected chi connectivity index (χ3v) is 3.59. The van der Waals surface area contributed by atoms with Gasteiger partial charge >= 0.3 is 0 Å². The summed E-state index contributed by atoms with van der Waals surface area (Å²) in [6, 6.07) is 14.0. The quantitative estimate of drug-likeness (QED) is 0.795. The zero-order chi connectivity index (χ0) is 13.8. The van der Waals surface area contributed by atoms with Crippen molar-refractivity contribution in [3.8, 4) is 5.69 Å². The van der Waals surface area contributed by atoms with Crippen molar-refractivity contribution in [2.75, 3.05) is 5.32 Å². The van der Waals surface area contributed by atoms with E-state index >= 15 is 0 Å². The number of pyridine rings is 1. The van der Waals surface area contributed by atoms with Crippen molar-refractivity contribution in [1.82, 2.24) is 14.8 Å². The van der Waals surface area contributed by atoms with E-state index in [9.17, 15) is 0 Å². The molecule has 0 radical (unpaired) electrons. The Morgan fingerprint density at radius 1 is 1.05 bits per heavy atom. The van der Waals surface area contributed by atoms with Crippen molar-refractivity contribution in [3.05, 3.63) is 71.1 Å². The van der Waals surface area contributed by atoms with E-state index in [4.69, 9.17) is 0 Å². The highest BCUT2D eigenvalue weighted by Gasteiger charge is 2.05. The second kappa shape index (κ2) is 5.88. The summed E-state index contributed by atoms with van der Waals surface area (Å²) in [6.45, 7) is 0.686. The van der Waals surface area contributed by atoms with E-state index in [-0.39, 0.29) is 0 Å². The molecule has 20 heavy (non-hydrogen) atoms. The van der Waals surface area contributed by atoms with Crippen LogP contribution in [0.25, 0.3) is 5.69 Å². The SMILES string of the molecule is Brc1cccnc1NCc1ccccc1-n1cccn1. The molecular weight excluding hydrogens is 316 g/mol. The van der Waals surface area contributed by atoms with Gasteiger partial charge in [-0.2, -0.15) is 5.10 Å². The minimum atomic E-state index is 0.686. The lowest BCUT2D eigenvalue weighted by atomic mass is 10.2. The van der Waals surface area contributed by atoms with Crippen LogP contribution in [-0.2, 0) is 6.54 Å². The Bertz CT molecular complexity index is 695. The number of benzene rings is 1. The maximum Gasteiger partial charge on any atom is 0.140 e. The zero-order valence-electron chi connectivity index (χ0n) is 10.7. The van der Waals surface area contributed by atoms with Gasteiger partial charge < -0.3 is 5.32 Å². The molecule has 100 valence electrons. The Morgan fingerprint density at radius 2 is 1.95 bits per heavy atom. The molecule has 0 atom stereocenters. The molecule has 0 saturated carbocycles. The molecule has 0 spiro atoms. The maximum atomic E-state index is 4.31. The fourth-order valence-electron chi connectivity index (χ4n) is 1.99. The molecule has 3 rings (SSSR count). The van der Waals surface area contributed by atoms with Gasteiger partial charge in [0.05, 0.1) is 10.2 Å². The van der Waals surface area contributed by atoms with E-state index in [1.807, 2.05) is 41.2 Å². The number of aromatic nitrogens is 3. The molecule has 0 bridgehead atoms. The van der Waals surface area contributed by atoms with Crippen molar-refractivity contribution in [1.29, 1.82) is 0 Å². The highest BCUT2D eigenvalue weighted by atomic mass is 79.9. The Balaban J connectivity index is 1.84. The van der Waals surface area contributed by atoms with Gasteiger partial charge in [0.25, 0.3) is 0 Å². The first kappa shape index (κ1) is 12.9. The average Bonchev–Trinajstić information content (AvgIpc) is 3.01. The number of nitrogens with zero attached hydrogens (tertiary/aromatic N) is 3. The molecule has 0 aliphatic heterocycles. The van der Waals surface area contributed by atoms with Gasteiger partial charge in [-0.25, -0.2) is 9.67 Å². The molecule has 2 heterocycles. The van der Waals surface area contributed by atoms with Crippen molar-refractivity contribution in [2.24, 2.45) is 0 Å². The van der Waals surface area contributed by atoms with Crippen LogP contribution >= 0.6 is 15.9 Å². The molecule has 0 aliphatic carbocycles. The van der Waals surface area contributed by atoms with Gasteiger partial charge in [0.1, 0.15) is 5.82 Å². The average molecular weight is 329 g/mol. The summed E-state index contributed by atoms with van der Waals surface area (Å²) < 4.78 is 2.82. The number of hydrogen-bond acceptors (Lipinski definition) is 3. The van der Waals surface area contributed by atoms with E-state index in [1.165, 1.54) is 0 Å². The number of para-hydroxylation sites is 1. The third kappa shape index (κ3) is 2.72. The zero-order valence-corrected chi connectivity index (χ0v) is 12.3. The van der Waals surface area contributed by atoms with Crippen LogP contribution in [0.5, 0.6) is 0 Å². The van der Waals surface area contributed by atoms with E-state index in [1.54, 1.807) is 12.4 Å². The van der Waals surface area contributed by atoms with Crippen LogP contribution < -0.4 is 5.32 Å². The lowest BCUT2D eigenvalue weighted by Crippen LogP contribution is -2.06. The summed E-state index contributed by atoms with van der Waals surface area (Å²) in [6.07, 6.45) is 5.49. The van der Waals surface area contributed by atoms with Crippen LogP contribution in [-0.4, -0.2) is 14.8 Å². The van der Waals surface area contributed by atoms with E-state index in [0.29, 0.717) is 6.54 Å². The predicted octanol–water partition coefficient (Wildman–Crippen LogP) is 3.64. The molecule has 0 fully saturated rings. The van der Waals surface area contributed by atoms with Crippen LogP contribution in [0, 0.1) is 0 Å². The van der Waals surface area contributed by atoms with Gasteiger partial charge in [-0.3, -0.25) is 0 Å². The summed E-state index contributed by atoms with van der Waals surface area (Å²) in [7, 11) is 0. The van der Waals surface area contributed by atoms with Gasteiger partial charge in [0.15, 0.2) is 0 Å². The lowest BCUT2D eigenvalue weighted by Gasteiger charge is -2.11. The normalized spacial score (nSPS) is 10.4. The summed E-state index contributed by atoms with van der Waals surface area (Å²) in [5, 5.41) is 7.62. The topological polar surface area (TPSA) is 42.7 Å². The monoisotopic (exact) mass is 328 g/mol. The van der Waals surface area contributed by atoms with E-state index in [0.717, 1.165) is 21.5 Å². The van der Waals surface area contributed by atoms with Crippen molar-refractivity contribution >= 4 is 21.7 Å².